The molecule has 4 nitrogen and oxygen atoms in total. The van der Waals surface area contributed by atoms with E-state index >= 15 is 0 Å². The summed E-state index contributed by atoms with van der Waals surface area (Å²) in [6.45, 7) is 4.90. The number of ether oxygens (including phenoxy) is 2. The van der Waals surface area contributed by atoms with Gasteiger partial charge in [-0.05, 0) is 75.7 Å². The molecule has 0 unspecified atom stereocenters. The molecule has 232 valence electrons. The van der Waals surface area contributed by atoms with Crippen molar-refractivity contribution in [1.29, 1.82) is 0 Å². The summed E-state index contributed by atoms with van der Waals surface area (Å²) in [4.78, 5) is 25.6. The highest BCUT2D eigenvalue weighted by molar-refractivity contribution is 5.80. The van der Waals surface area contributed by atoms with Crippen molar-refractivity contribution >= 4 is 11.9 Å². The first-order chi connectivity index (χ1) is 16.5. The molecule has 0 saturated heterocycles. The fourth-order valence-electron chi connectivity index (χ4n) is 3.88. The van der Waals surface area contributed by atoms with Crippen molar-refractivity contribution in [3.8, 4) is 0 Å². The number of alkyl halides is 12. The van der Waals surface area contributed by atoms with Gasteiger partial charge < -0.3 is 9.47 Å². The summed E-state index contributed by atoms with van der Waals surface area (Å²) < 4.78 is 171. The van der Waals surface area contributed by atoms with E-state index in [0.29, 0.717) is 27.7 Å². The van der Waals surface area contributed by atoms with Crippen LogP contribution in [-0.2, 0) is 19.1 Å². The van der Waals surface area contributed by atoms with Gasteiger partial charge in [0.15, 0.2) is 10.8 Å². The number of hydrogen-bond donors (Lipinski definition) is 0. The first-order valence-electron chi connectivity index (χ1n) is 11.2. The van der Waals surface area contributed by atoms with Crippen LogP contribution in [0.5, 0.6) is 0 Å². The topological polar surface area (TPSA) is 52.6 Å². The average Bonchev–Trinajstić information content (AvgIpc) is 2.60. The van der Waals surface area contributed by atoms with Crippen molar-refractivity contribution < 1.29 is 71.7 Å². The number of halogens is 12. The third kappa shape index (κ3) is 6.54. The van der Waals surface area contributed by atoms with Crippen molar-refractivity contribution in [3.63, 3.8) is 0 Å². The van der Waals surface area contributed by atoms with Crippen LogP contribution in [0, 0.1) is 21.7 Å². The molecule has 0 rings (SSSR count). The second-order valence-electron chi connectivity index (χ2n) is 12.0. The first kappa shape index (κ1) is 37.1. The first-order valence-corrected chi connectivity index (χ1v) is 11.2. The Balaban J connectivity index is 6.22. The van der Waals surface area contributed by atoms with Gasteiger partial charge in [-0.1, -0.05) is 0 Å². The number of esters is 2. The molecule has 0 heterocycles. The Kier molecular flexibility index (Phi) is 9.40. The molecule has 0 N–H and O–H groups in total. The van der Waals surface area contributed by atoms with E-state index < -0.39 is 75.9 Å². The summed E-state index contributed by atoms with van der Waals surface area (Å²) in [6.07, 6.45) is -24.5. The maximum atomic E-state index is 13.5. The Morgan fingerprint density at radius 3 is 0.769 bits per heavy atom. The molecule has 0 aliphatic rings. The highest BCUT2D eigenvalue weighted by atomic mass is 19.4. The van der Waals surface area contributed by atoms with Gasteiger partial charge in [-0.3, -0.25) is 9.59 Å². The summed E-state index contributed by atoms with van der Waals surface area (Å²) in [5.74, 6) is -3.30. The molecule has 0 aromatic heterocycles. The largest absolute Gasteiger partial charge is 0.458 e. The normalized spacial score (nSPS) is 15.7. The highest BCUT2D eigenvalue weighted by Gasteiger charge is 2.77. The maximum Gasteiger partial charge on any atom is 0.406 e. The van der Waals surface area contributed by atoms with Crippen LogP contribution in [0.2, 0.25) is 0 Å². The van der Waals surface area contributed by atoms with Crippen LogP contribution in [-0.4, -0.2) is 47.8 Å². The Morgan fingerprint density at radius 1 is 0.436 bits per heavy atom. The van der Waals surface area contributed by atoms with Crippen molar-refractivity contribution in [2.75, 3.05) is 0 Å². The minimum atomic E-state index is -5.93. The van der Waals surface area contributed by atoms with Crippen LogP contribution in [0.25, 0.3) is 0 Å². The van der Waals surface area contributed by atoms with Crippen molar-refractivity contribution in [2.24, 2.45) is 21.7 Å². The molecule has 39 heavy (non-hydrogen) atoms. The fraction of sp³-hybridized carbons (Fsp3) is 0.913. The predicted molar refractivity (Wildman–Crippen MR) is 113 cm³/mol. The van der Waals surface area contributed by atoms with E-state index in [4.69, 9.17) is 0 Å². The minimum absolute atomic E-state index is 0.213. The lowest BCUT2D eigenvalue weighted by atomic mass is 9.71. The fourth-order valence-corrected chi connectivity index (χ4v) is 3.88. The average molecular weight is 600 g/mol. The van der Waals surface area contributed by atoms with Crippen LogP contribution in [0.3, 0.4) is 0 Å². The van der Waals surface area contributed by atoms with Crippen molar-refractivity contribution in [2.45, 2.75) is 112 Å². The van der Waals surface area contributed by atoms with E-state index in [1.54, 1.807) is 0 Å². The lowest BCUT2D eigenvalue weighted by Gasteiger charge is -2.47. The van der Waals surface area contributed by atoms with Gasteiger partial charge in [0.2, 0.25) is 0 Å². The summed E-state index contributed by atoms with van der Waals surface area (Å²) in [5.41, 5.74) is -19.7. The smallest absolute Gasteiger partial charge is 0.406 e. The number of carbonyl (C=O) groups excluding carboxylic acids is 2. The van der Waals surface area contributed by atoms with Crippen LogP contribution in [0.4, 0.5) is 52.7 Å². The van der Waals surface area contributed by atoms with Gasteiger partial charge in [0, 0.05) is 0 Å². The summed E-state index contributed by atoms with van der Waals surface area (Å²) in [7, 11) is 0. The van der Waals surface area contributed by atoms with Crippen LogP contribution >= 0.6 is 0 Å². The Morgan fingerprint density at radius 2 is 0.615 bits per heavy atom. The van der Waals surface area contributed by atoms with E-state index in [0.717, 1.165) is 27.7 Å². The van der Waals surface area contributed by atoms with Crippen molar-refractivity contribution in [1.82, 2.24) is 0 Å². The number of rotatable bonds is 8. The molecule has 0 aliphatic carbocycles. The van der Waals surface area contributed by atoms with Gasteiger partial charge >= 0.3 is 36.6 Å². The molecule has 0 atom stereocenters. The number of hydrogen-bond acceptors (Lipinski definition) is 4. The zero-order valence-corrected chi connectivity index (χ0v) is 22.9. The van der Waals surface area contributed by atoms with Gasteiger partial charge in [0.1, 0.15) is 11.2 Å². The zero-order chi connectivity index (χ0) is 32.3. The maximum absolute atomic E-state index is 13.5. The molecule has 0 aliphatic heterocycles. The summed E-state index contributed by atoms with van der Waals surface area (Å²) in [5, 5.41) is 0. The van der Waals surface area contributed by atoms with E-state index in [9.17, 15) is 62.3 Å². The minimum Gasteiger partial charge on any atom is -0.458 e. The third-order valence-corrected chi connectivity index (χ3v) is 7.36. The third-order valence-electron chi connectivity index (χ3n) is 7.36. The zero-order valence-electron chi connectivity index (χ0n) is 22.9. The van der Waals surface area contributed by atoms with Gasteiger partial charge in [-0.15, -0.1) is 0 Å². The van der Waals surface area contributed by atoms with Crippen LogP contribution in [0.15, 0.2) is 0 Å². The summed E-state index contributed by atoms with van der Waals surface area (Å²) >= 11 is 0. The molecule has 16 heteroatoms. The van der Waals surface area contributed by atoms with Gasteiger partial charge in [-0.2, -0.15) is 52.7 Å². The number of carbonyl (C=O) groups is 2. The monoisotopic (exact) mass is 600 g/mol. The second-order valence-corrected chi connectivity index (χ2v) is 12.0. The second kappa shape index (κ2) is 9.88. The van der Waals surface area contributed by atoms with Crippen LogP contribution in [0.1, 0.15) is 75.7 Å². The van der Waals surface area contributed by atoms with Crippen molar-refractivity contribution in [3.05, 3.63) is 0 Å². The molecule has 0 aromatic rings. The molecular formula is C23H32F12O4. The van der Waals surface area contributed by atoms with E-state index in [-0.39, 0.29) is 13.8 Å². The Bertz CT molecular complexity index is 817. The molecule has 0 amide bonds. The molecule has 0 saturated carbocycles. The standard InChI is InChI=1S/C23H32F12O4/c1-14(2,12(36)38-16(5,6)18(9,20(24,25)26)21(27,28)29)11-15(3,4)13(37)39-17(7,8)19(10,22(30,31)32)23(33,34)35/h11H2,1-10H3. The molecule has 0 bridgehead atoms. The summed E-state index contributed by atoms with van der Waals surface area (Å²) in [6, 6.07) is 0. The Labute approximate surface area is 217 Å². The quantitative estimate of drug-likeness (QED) is 0.208. The van der Waals surface area contributed by atoms with Gasteiger partial charge in [-0.25, -0.2) is 0 Å². The van der Waals surface area contributed by atoms with E-state index in [1.807, 2.05) is 0 Å². The lowest BCUT2D eigenvalue weighted by molar-refractivity contribution is -0.378. The molecule has 0 aromatic carbocycles. The Hall–Kier alpha value is -1.90. The predicted octanol–water partition coefficient (Wildman–Crippen LogP) is 8.33. The van der Waals surface area contributed by atoms with E-state index in [1.165, 1.54) is 0 Å². The molecular weight excluding hydrogens is 568 g/mol. The molecule has 0 spiro atoms. The van der Waals surface area contributed by atoms with Gasteiger partial charge in [0.25, 0.3) is 0 Å². The van der Waals surface area contributed by atoms with Gasteiger partial charge in [0.05, 0.1) is 10.8 Å². The highest BCUT2D eigenvalue weighted by Crippen LogP contribution is 2.59. The SMILES string of the molecule is CC(C)(CC(C)(C)C(=O)OC(C)(C)C(C)(C(F)(F)F)C(F)(F)F)C(=O)OC(C)(C)C(C)(C(F)(F)F)C(F)(F)F. The van der Waals surface area contributed by atoms with E-state index in [2.05, 4.69) is 9.47 Å². The molecule has 0 radical (unpaired) electrons. The van der Waals surface area contributed by atoms with Crippen LogP contribution < -0.4 is 0 Å². The lowest BCUT2D eigenvalue weighted by Crippen LogP contribution is -2.63. The molecule has 0 fully saturated rings.